The Balaban J connectivity index is 2.13. The predicted molar refractivity (Wildman–Crippen MR) is 145 cm³/mol. The number of hydrogen-bond donors (Lipinski definition) is 4. The fourth-order valence-corrected chi connectivity index (χ4v) is 4.16. The van der Waals surface area contributed by atoms with Crippen molar-refractivity contribution in [3.63, 3.8) is 0 Å². The fraction of sp³-hybridized carbons (Fsp3) is 0.552. The Morgan fingerprint density at radius 2 is 1.64 bits per heavy atom. The lowest BCUT2D eigenvalue weighted by atomic mass is 9.94. The minimum atomic E-state index is -1.02. The quantitative estimate of drug-likeness (QED) is 0.294. The highest BCUT2D eigenvalue weighted by atomic mass is 16.3. The van der Waals surface area contributed by atoms with Crippen molar-refractivity contribution >= 4 is 28.5 Å². The van der Waals surface area contributed by atoms with Gasteiger partial charge in [0.05, 0.1) is 18.6 Å². The van der Waals surface area contributed by atoms with Crippen molar-refractivity contribution in [3.05, 3.63) is 48.0 Å². The molecule has 2 rings (SSSR count). The van der Waals surface area contributed by atoms with Crippen LogP contribution in [-0.2, 0) is 9.59 Å². The molecule has 7 heteroatoms. The summed E-state index contributed by atoms with van der Waals surface area (Å²) in [5, 5.41) is 21.5. The van der Waals surface area contributed by atoms with Crippen LogP contribution in [0.15, 0.2) is 42.5 Å². The number of amides is 3. The maximum absolute atomic E-state index is 13.4. The number of carbonyl (C=O) groups is 3. The number of benzene rings is 2. The Labute approximate surface area is 215 Å². The maximum atomic E-state index is 13.4. The second kappa shape index (κ2) is 14.6. The van der Waals surface area contributed by atoms with E-state index in [4.69, 9.17) is 0 Å². The smallest absolute Gasteiger partial charge is 0.251 e. The van der Waals surface area contributed by atoms with Crippen LogP contribution in [0.25, 0.3) is 10.8 Å². The number of aliphatic hydroxyl groups is 1. The standard InChI is InChI=1S/C29H43N3O4/c1-6-8-15-30-26(34)18-25(33)24(16-19(3)4)31-29(36)27(20(5)7-2)32-28(35)23-14-13-21-11-9-10-12-22(21)17-23/h9-14,17,19-20,24-25,27,33H,6-8,15-16,18H2,1-5H3,(H,30,34)(H,31,36)(H,32,35)/t20?,24?,25?,27-/m0/s1. The van der Waals surface area contributed by atoms with Crippen LogP contribution in [0.3, 0.4) is 0 Å². The molecule has 0 radical (unpaired) electrons. The SMILES string of the molecule is CCCCNC(=O)CC(O)C(CC(C)C)NC(=O)[C@@H](NC(=O)c1ccc2ccccc2c1)C(C)CC. The van der Waals surface area contributed by atoms with E-state index in [1.165, 1.54) is 0 Å². The Morgan fingerprint density at radius 3 is 2.28 bits per heavy atom. The minimum absolute atomic E-state index is 0.0845. The van der Waals surface area contributed by atoms with Crippen molar-refractivity contribution in [1.82, 2.24) is 16.0 Å². The van der Waals surface area contributed by atoms with E-state index < -0.39 is 18.2 Å². The molecule has 2 aromatic rings. The highest BCUT2D eigenvalue weighted by molar-refractivity contribution is 6.00. The van der Waals surface area contributed by atoms with E-state index in [-0.39, 0.29) is 36.0 Å². The van der Waals surface area contributed by atoms with Crippen LogP contribution in [-0.4, -0.2) is 47.6 Å². The predicted octanol–water partition coefficient (Wildman–Crippen LogP) is 4.18. The molecule has 4 N–H and O–H groups in total. The molecule has 3 amide bonds. The van der Waals surface area contributed by atoms with E-state index in [1.807, 2.05) is 71.0 Å². The van der Waals surface area contributed by atoms with Gasteiger partial charge >= 0.3 is 0 Å². The Morgan fingerprint density at radius 1 is 0.944 bits per heavy atom. The van der Waals surface area contributed by atoms with Gasteiger partial charge < -0.3 is 21.1 Å². The summed E-state index contributed by atoms with van der Waals surface area (Å²) in [6.07, 6.45) is 1.94. The summed E-state index contributed by atoms with van der Waals surface area (Å²) in [7, 11) is 0. The molecular formula is C29H43N3O4. The summed E-state index contributed by atoms with van der Waals surface area (Å²) < 4.78 is 0. The number of fused-ring (bicyclic) bond motifs is 1. The molecule has 0 aliphatic rings. The topological polar surface area (TPSA) is 108 Å². The molecule has 7 nitrogen and oxygen atoms in total. The molecule has 0 saturated heterocycles. The normalized spacial score (nSPS) is 14.6. The Kier molecular flexibility index (Phi) is 11.9. The highest BCUT2D eigenvalue weighted by Gasteiger charge is 2.31. The highest BCUT2D eigenvalue weighted by Crippen LogP contribution is 2.17. The van der Waals surface area contributed by atoms with E-state index >= 15 is 0 Å². The number of rotatable bonds is 14. The van der Waals surface area contributed by atoms with Crippen LogP contribution >= 0.6 is 0 Å². The lowest BCUT2D eigenvalue weighted by Gasteiger charge is -2.30. The third kappa shape index (κ3) is 8.94. The van der Waals surface area contributed by atoms with Crippen LogP contribution in [0.5, 0.6) is 0 Å². The number of nitrogens with one attached hydrogen (secondary N) is 3. The summed E-state index contributed by atoms with van der Waals surface area (Å²) in [6.45, 7) is 10.5. The molecule has 0 aliphatic heterocycles. The molecular weight excluding hydrogens is 454 g/mol. The maximum Gasteiger partial charge on any atom is 0.251 e. The molecule has 198 valence electrons. The summed E-state index contributed by atoms with van der Waals surface area (Å²) in [6, 6.07) is 11.9. The molecule has 0 fully saturated rings. The van der Waals surface area contributed by atoms with Gasteiger partial charge in [-0.1, -0.05) is 77.8 Å². The molecule has 4 atom stereocenters. The van der Waals surface area contributed by atoms with Crippen molar-refractivity contribution in [1.29, 1.82) is 0 Å². The summed E-state index contributed by atoms with van der Waals surface area (Å²) >= 11 is 0. The van der Waals surface area contributed by atoms with Gasteiger partial charge in [-0.25, -0.2) is 0 Å². The van der Waals surface area contributed by atoms with Gasteiger partial charge in [0.25, 0.3) is 5.91 Å². The summed E-state index contributed by atoms with van der Waals surface area (Å²) in [5.74, 6) is -0.833. The first kappa shape index (κ1) is 29.3. The average Bonchev–Trinajstić information content (AvgIpc) is 2.85. The zero-order chi connectivity index (χ0) is 26.7. The van der Waals surface area contributed by atoms with Gasteiger partial charge in [-0.3, -0.25) is 14.4 Å². The zero-order valence-electron chi connectivity index (χ0n) is 22.3. The van der Waals surface area contributed by atoms with Crippen molar-refractivity contribution in [3.8, 4) is 0 Å². The third-order valence-corrected chi connectivity index (χ3v) is 6.56. The Bertz CT molecular complexity index is 1010. The van der Waals surface area contributed by atoms with E-state index in [1.54, 1.807) is 6.07 Å². The third-order valence-electron chi connectivity index (χ3n) is 6.56. The molecule has 2 aromatic carbocycles. The first-order valence-corrected chi connectivity index (χ1v) is 13.2. The monoisotopic (exact) mass is 497 g/mol. The molecule has 0 heterocycles. The van der Waals surface area contributed by atoms with E-state index in [2.05, 4.69) is 16.0 Å². The van der Waals surface area contributed by atoms with E-state index in [0.29, 0.717) is 24.9 Å². The fourth-order valence-electron chi connectivity index (χ4n) is 4.16. The van der Waals surface area contributed by atoms with Crippen molar-refractivity contribution in [2.45, 2.75) is 84.9 Å². The second-order valence-electron chi connectivity index (χ2n) is 10.1. The lowest BCUT2D eigenvalue weighted by Crippen LogP contribution is -2.55. The average molecular weight is 498 g/mol. The molecule has 0 bridgehead atoms. The van der Waals surface area contributed by atoms with Crippen molar-refractivity contribution in [2.24, 2.45) is 11.8 Å². The number of unbranched alkanes of at least 4 members (excludes halogenated alkanes) is 1. The largest absolute Gasteiger partial charge is 0.390 e. The zero-order valence-corrected chi connectivity index (χ0v) is 22.3. The van der Waals surface area contributed by atoms with Crippen LogP contribution in [0.4, 0.5) is 0 Å². The first-order valence-electron chi connectivity index (χ1n) is 13.2. The van der Waals surface area contributed by atoms with E-state index in [9.17, 15) is 19.5 Å². The van der Waals surface area contributed by atoms with Crippen molar-refractivity contribution < 1.29 is 19.5 Å². The van der Waals surface area contributed by atoms with Gasteiger partial charge in [0.2, 0.25) is 11.8 Å². The second-order valence-corrected chi connectivity index (χ2v) is 10.1. The summed E-state index contributed by atoms with van der Waals surface area (Å²) in [5.41, 5.74) is 0.484. The number of carbonyl (C=O) groups excluding carboxylic acids is 3. The minimum Gasteiger partial charge on any atom is -0.390 e. The van der Waals surface area contributed by atoms with Crippen LogP contribution in [0.1, 0.15) is 77.1 Å². The number of hydrogen-bond acceptors (Lipinski definition) is 4. The van der Waals surface area contributed by atoms with Crippen LogP contribution in [0, 0.1) is 11.8 Å². The lowest BCUT2D eigenvalue weighted by molar-refractivity contribution is -0.128. The molecule has 0 aromatic heterocycles. The van der Waals surface area contributed by atoms with E-state index in [0.717, 1.165) is 23.6 Å². The molecule has 0 aliphatic carbocycles. The van der Waals surface area contributed by atoms with Crippen LogP contribution in [0.2, 0.25) is 0 Å². The van der Waals surface area contributed by atoms with Crippen molar-refractivity contribution in [2.75, 3.05) is 6.54 Å². The molecule has 0 saturated carbocycles. The van der Waals surface area contributed by atoms with Crippen LogP contribution < -0.4 is 16.0 Å². The Hall–Kier alpha value is -2.93. The van der Waals surface area contributed by atoms with Gasteiger partial charge in [0.15, 0.2) is 0 Å². The number of aliphatic hydroxyl groups excluding tert-OH is 1. The van der Waals surface area contributed by atoms with Gasteiger partial charge in [-0.2, -0.15) is 0 Å². The van der Waals surface area contributed by atoms with Gasteiger partial charge in [-0.05, 0) is 47.6 Å². The molecule has 0 spiro atoms. The first-order chi connectivity index (χ1) is 17.2. The molecule has 36 heavy (non-hydrogen) atoms. The van der Waals surface area contributed by atoms with Gasteiger partial charge in [0.1, 0.15) is 6.04 Å². The van der Waals surface area contributed by atoms with Gasteiger partial charge in [0, 0.05) is 12.1 Å². The molecule has 3 unspecified atom stereocenters. The summed E-state index contributed by atoms with van der Waals surface area (Å²) in [4.78, 5) is 38.7. The van der Waals surface area contributed by atoms with Gasteiger partial charge in [-0.15, -0.1) is 0 Å².